The summed E-state index contributed by atoms with van der Waals surface area (Å²) in [6.45, 7) is 0.431. The lowest BCUT2D eigenvalue weighted by Gasteiger charge is -1.91. The van der Waals surface area contributed by atoms with Crippen molar-refractivity contribution in [2.24, 2.45) is 15.7 Å². The molecule has 0 aliphatic carbocycles. The maximum atomic E-state index is 10.7. The molecule has 0 saturated heterocycles. The lowest BCUT2D eigenvalue weighted by Crippen LogP contribution is -2.21. The van der Waals surface area contributed by atoms with Crippen LogP contribution in [0.2, 0.25) is 0 Å². The normalized spacial score (nSPS) is 21.5. The third-order valence-corrected chi connectivity index (χ3v) is 1.21. The van der Waals surface area contributed by atoms with E-state index >= 15 is 0 Å². The van der Waals surface area contributed by atoms with Crippen LogP contribution in [0.15, 0.2) is 34.3 Å². The van der Waals surface area contributed by atoms with Crippen LogP contribution in [0.25, 0.3) is 0 Å². The second-order valence-electron chi connectivity index (χ2n) is 2.12. The fourth-order valence-electron chi connectivity index (χ4n) is 0.688. The zero-order chi connectivity index (χ0) is 8.81. The van der Waals surface area contributed by atoms with E-state index in [1.165, 1.54) is 6.21 Å². The van der Waals surface area contributed by atoms with Crippen LogP contribution in [0.5, 0.6) is 0 Å². The minimum Gasteiger partial charge on any atom is -0.363 e. The van der Waals surface area contributed by atoms with Gasteiger partial charge in [0.25, 0.3) is 5.91 Å². The second-order valence-corrected chi connectivity index (χ2v) is 2.12. The largest absolute Gasteiger partial charge is 0.363 e. The summed E-state index contributed by atoms with van der Waals surface area (Å²) in [5, 5.41) is 0. The van der Waals surface area contributed by atoms with Gasteiger partial charge in [0.1, 0.15) is 0 Å². The minimum atomic E-state index is -0.602. The predicted octanol–water partition coefficient (Wildman–Crippen LogP) is 0.0670. The first-order valence-corrected chi connectivity index (χ1v) is 3.51. The van der Waals surface area contributed by atoms with Crippen LogP contribution in [0.3, 0.4) is 0 Å². The maximum Gasteiger partial charge on any atom is 0.286 e. The van der Waals surface area contributed by atoms with Crippen LogP contribution < -0.4 is 5.73 Å². The average molecular weight is 163 g/mol. The molecule has 1 rings (SSSR count). The summed E-state index contributed by atoms with van der Waals surface area (Å²) < 4.78 is 0. The SMILES string of the molecule is NC(=O)C1=NC/C=C\C=C/C=N1. The van der Waals surface area contributed by atoms with Gasteiger partial charge in [-0.25, -0.2) is 4.99 Å². The molecule has 0 aromatic carbocycles. The number of hydrogen-bond donors (Lipinski definition) is 1. The molecule has 4 nitrogen and oxygen atoms in total. The van der Waals surface area contributed by atoms with Gasteiger partial charge in [-0.3, -0.25) is 9.79 Å². The van der Waals surface area contributed by atoms with E-state index in [2.05, 4.69) is 9.98 Å². The van der Waals surface area contributed by atoms with Crippen molar-refractivity contribution in [3.05, 3.63) is 24.3 Å². The molecule has 4 heteroatoms. The fraction of sp³-hybridized carbons (Fsp3) is 0.125. The molecule has 1 aliphatic rings. The van der Waals surface area contributed by atoms with Gasteiger partial charge < -0.3 is 5.73 Å². The number of nitrogens with two attached hydrogens (primary N) is 1. The molecule has 62 valence electrons. The van der Waals surface area contributed by atoms with Gasteiger partial charge in [-0.2, -0.15) is 0 Å². The van der Waals surface area contributed by atoms with Crippen LogP contribution >= 0.6 is 0 Å². The Morgan fingerprint density at radius 3 is 3.00 bits per heavy atom. The molecule has 12 heavy (non-hydrogen) atoms. The third-order valence-electron chi connectivity index (χ3n) is 1.21. The number of carbonyl (C=O) groups excluding carboxylic acids is 1. The molecule has 2 N–H and O–H groups in total. The maximum absolute atomic E-state index is 10.7. The van der Waals surface area contributed by atoms with Crippen molar-refractivity contribution < 1.29 is 4.79 Å². The second kappa shape index (κ2) is 4.23. The Hall–Kier alpha value is -1.71. The molecule has 0 radical (unpaired) electrons. The first kappa shape index (κ1) is 8.39. The standard InChI is InChI=1S/C8H9N3O/c9-7(12)8-10-5-3-1-2-4-6-11-8/h1-5H,6H2,(H2,9,12)/b3-1-,4-2-,10-5?,11-8?. The molecule has 0 unspecified atom stereocenters. The number of nitrogens with zero attached hydrogens (tertiary/aromatic N) is 2. The molecular weight excluding hydrogens is 154 g/mol. The molecule has 0 aromatic rings. The number of rotatable bonds is 1. The number of primary amides is 1. The Bertz CT molecular complexity index is 287. The molecule has 1 amide bonds. The molecule has 0 bridgehead atoms. The van der Waals surface area contributed by atoms with E-state index in [9.17, 15) is 4.79 Å². The van der Waals surface area contributed by atoms with Gasteiger partial charge in [-0.1, -0.05) is 18.2 Å². The highest BCUT2D eigenvalue weighted by molar-refractivity contribution is 6.38. The Balaban J connectivity index is 2.84. The number of aliphatic imine (C=N–C) groups is 2. The predicted molar refractivity (Wildman–Crippen MR) is 48.3 cm³/mol. The van der Waals surface area contributed by atoms with E-state index in [0.29, 0.717) is 6.54 Å². The molecule has 0 atom stereocenters. The van der Waals surface area contributed by atoms with E-state index in [-0.39, 0.29) is 5.84 Å². The first-order valence-electron chi connectivity index (χ1n) is 3.51. The van der Waals surface area contributed by atoms with Gasteiger partial charge in [0.15, 0.2) is 0 Å². The van der Waals surface area contributed by atoms with Crippen LogP contribution in [0.1, 0.15) is 0 Å². The van der Waals surface area contributed by atoms with Crippen molar-refractivity contribution in [1.82, 2.24) is 0 Å². The van der Waals surface area contributed by atoms with Crippen molar-refractivity contribution >= 4 is 18.0 Å². The fourth-order valence-corrected chi connectivity index (χ4v) is 0.688. The highest BCUT2D eigenvalue weighted by Gasteiger charge is 2.01. The summed E-state index contributed by atoms with van der Waals surface area (Å²) in [5.41, 5.74) is 5.01. The summed E-state index contributed by atoms with van der Waals surface area (Å²) in [6.07, 6.45) is 8.65. The Labute approximate surface area is 70.2 Å². The number of amides is 1. The minimum absolute atomic E-state index is 0.0613. The number of carbonyl (C=O) groups is 1. The first-order chi connectivity index (χ1) is 5.80. The highest BCUT2D eigenvalue weighted by atomic mass is 16.1. The molecular formula is C8H9N3O. The zero-order valence-electron chi connectivity index (χ0n) is 6.47. The topological polar surface area (TPSA) is 67.8 Å². The number of allylic oxidation sites excluding steroid dienone is 3. The lowest BCUT2D eigenvalue weighted by atomic mass is 10.4. The van der Waals surface area contributed by atoms with Crippen LogP contribution in [0, 0.1) is 0 Å². The monoisotopic (exact) mass is 163 g/mol. The lowest BCUT2D eigenvalue weighted by molar-refractivity contribution is -0.112. The number of amidine groups is 1. The van der Waals surface area contributed by atoms with Gasteiger partial charge >= 0.3 is 0 Å². The summed E-state index contributed by atoms with van der Waals surface area (Å²) >= 11 is 0. The molecule has 0 saturated carbocycles. The van der Waals surface area contributed by atoms with E-state index in [1.54, 1.807) is 6.08 Å². The van der Waals surface area contributed by atoms with E-state index in [1.807, 2.05) is 18.2 Å². The van der Waals surface area contributed by atoms with Gasteiger partial charge in [0.05, 0.1) is 6.54 Å². The summed E-state index contributed by atoms with van der Waals surface area (Å²) in [4.78, 5) is 18.3. The zero-order valence-corrected chi connectivity index (χ0v) is 6.47. The molecule has 1 aliphatic heterocycles. The molecule has 1 heterocycles. The number of hydrogen-bond acceptors (Lipinski definition) is 3. The quantitative estimate of drug-likeness (QED) is 0.583. The summed E-state index contributed by atoms with van der Waals surface area (Å²) in [6, 6.07) is 0. The third kappa shape index (κ3) is 2.49. The molecule has 0 fully saturated rings. The van der Waals surface area contributed by atoms with Crippen molar-refractivity contribution in [2.75, 3.05) is 6.54 Å². The van der Waals surface area contributed by atoms with E-state index in [0.717, 1.165) is 0 Å². The van der Waals surface area contributed by atoms with E-state index < -0.39 is 5.91 Å². The van der Waals surface area contributed by atoms with E-state index in [4.69, 9.17) is 5.73 Å². The van der Waals surface area contributed by atoms with Crippen LogP contribution in [-0.4, -0.2) is 24.5 Å². The van der Waals surface area contributed by atoms with Crippen molar-refractivity contribution in [3.63, 3.8) is 0 Å². The molecule has 0 aromatic heterocycles. The smallest absolute Gasteiger partial charge is 0.286 e. The van der Waals surface area contributed by atoms with Gasteiger partial charge in [0.2, 0.25) is 5.84 Å². The summed E-state index contributed by atoms with van der Waals surface area (Å²) in [7, 11) is 0. The van der Waals surface area contributed by atoms with Gasteiger partial charge in [0, 0.05) is 6.21 Å². The average Bonchev–Trinajstić information content (AvgIpc) is 2.15. The Morgan fingerprint density at radius 1 is 1.42 bits per heavy atom. The highest BCUT2D eigenvalue weighted by Crippen LogP contribution is 1.86. The summed E-state index contributed by atoms with van der Waals surface area (Å²) in [5.74, 6) is -0.541. The Kier molecular flexibility index (Phi) is 2.95. The van der Waals surface area contributed by atoms with Crippen molar-refractivity contribution in [2.45, 2.75) is 0 Å². The Morgan fingerprint density at radius 2 is 2.25 bits per heavy atom. The molecule has 0 spiro atoms. The van der Waals surface area contributed by atoms with Crippen LogP contribution in [0.4, 0.5) is 0 Å². The van der Waals surface area contributed by atoms with Crippen LogP contribution in [-0.2, 0) is 4.79 Å². The van der Waals surface area contributed by atoms with Crippen molar-refractivity contribution in [1.29, 1.82) is 0 Å². The van der Waals surface area contributed by atoms with Crippen molar-refractivity contribution in [3.8, 4) is 0 Å². The van der Waals surface area contributed by atoms with Gasteiger partial charge in [-0.05, 0) is 6.08 Å². The van der Waals surface area contributed by atoms with Gasteiger partial charge in [-0.15, -0.1) is 0 Å².